The van der Waals surface area contributed by atoms with Gasteiger partial charge in [0.1, 0.15) is 23.5 Å². The first-order chi connectivity index (χ1) is 12.2. The molecule has 0 radical (unpaired) electrons. The van der Waals surface area contributed by atoms with Crippen molar-refractivity contribution in [1.82, 2.24) is 9.80 Å². The Bertz CT molecular complexity index is 722. The molecule has 0 bridgehead atoms. The second-order valence-electron chi connectivity index (χ2n) is 6.94. The molecule has 2 aromatic carbocycles. The molecule has 0 amide bonds. The lowest BCUT2D eigenvalue weighted by atomic mass is 10.1. The van der Waals surface area contributed by atoms with Crippen LogP contribution in [0.5, 0.6) is 5.75 Å². The summed E-state index contributed by atoms with van der Waals surface area (Å²) in [5.41, 5.74) is 1.14. The van der Waals surface area contributed by atoms with Gasteiger partial charge in [-0.3, -0.25) is 9.80 Å². The van der Waals surface area contributed by atoms with Gasteiger partial charge in [-0.2, -0.15) is 0 Å². The molecular formula is C20H22F2N2O. The normalized spacial score (nSPS) is 24.2. The predicted octanol–water partition coefficient (Wildman–Crippen LogP) is 3.30. The van der Waals surface area contributed by atoms with Gasteiger partial charge in [0.2, 0.25) is 0 Å². The minimum absolute atomic E-state index is 0.109. The molecule has 2 aliphatic heterocycles. The fourth-order valence-electron chi connectivity index (χ4n) is 3.87. The third kappa shape index (κ3) is 3.99. The third-order valence-electron chi connectivity index (χ3n) is 5.08. The zero-order chi connectivity index (χ0) is 17.2. The minimum Gasteiger partial charge on any atom is -0.489 e. The van der Waals surface area contributed by atoms with Crippen LogP contribution in [0.25, 0.3) is 0 Å². The Balaban J connectivity index is 1.33. The van der Waals surface area contributed by atoms with E-state index in [2.05, 4.69) is 9.80 Å². The third-order valence-corrected chi connectivity index (χ3v) is 5.08. The van der Waals surface area contributed by atoms with Gasteiger partial charge >= 0.3 is 0 Å². The first-order valence-electron chi connectivity index (χ1n) is 8.79. The Kier molecular flexibility index (Phi) is 4.68. The van der Waals surface area contributed by atoms with E-state index >= 15 is 0 Å². The lowest BCUT2D eigenvalue weighted by Gasteiger charge is -2.37. The molecule has 5 heteroatoms. The largest absolute Gasteiger partial charge is 0.489 e. The molecule has 0 aromatic heterocycles. The highest BCUT2D eigenvalue weighted by Crippen LogP contribution is 2.26. The van der Waals surface area contributed by atoms with Crippen LogP contribution in [-0.4, -0.2) is 48.1 Å². The Morgan fingerprint density at radius 2 is 1.80 bits per heavy atom. The van der Waals surface area contributed by atoms with Crippen LogP contribution in [0.1, 0.15) is 12.0 Å². The first-order valence-corrected chi connectivity index (χ1v) is 8.79. The summed E-state index contributed by atoms with van der Waals surface area (Å²) in [5, 5.41) is 0. The highest BCUT2D eigenvalue weighted by Gasteiger charge is 2.37. The summed E-state index contributed by atoms with van der Waals surface area (Å²) in [6, 6.07) is 13.6. The van der Waals surface area contributed by atoms with Gasteiger partial charge < -0.3 is 4.74 Å². The van der Waals surface area contributed by atoms with Crippen molar-refractivity contribution in [1.29, 1.82) is 0 Å². The predicted molar refractivity (Wildman–Crippen MR) is 92.5 cm³/mol. The first kappa shape index (κ1) is 16.5. The molecular weight excluding hydrogens is 322 g/mol. The topological polar surface area (TPSA) is 15.7 Å². The molecule has 2 heterocycles. The summed E-state index contributed by atoms with van der Waals surface area (Å²) in [7, 11) is 0. The highest BCUT2D eigenvalue weighted by molar-refractivity contribution is 5.23. The van der Waals surface area contributed by atoms with E-state index in [0.717, 1.165) is 44.7 Å². The van der Waals surface area contributed by atoms with E-state index in [0.29, 0.717) is 11.8 Å². The SMILES string of the molecule is Fc1ccc(CN2CCN3C[C@H](Oc4cccc(F)c4)C[C@@H]3C2)cc1. The average molecular weight is 344 g/mol. The zero-order valence-electron chi connectivity index (χ0n) is 14.1. The molecule has 2 aliphatic rings. The van der Waals surface area contributed by atoms with E-state index in [9.17, 15) is 8.78 Å². The highest BCUT2D eigenvalue weighted by atomic mass is 19.1. The average Bonchev–Trinajstić information content (AvgIpc) is 2.98. The maximum Gasteiger partial charge on any atom is 0.126 e. The second-order valence-corrected chi connectivity index (χ2v) is 6.94. The van der Waals surface area contributed by atoms with E-state index in [-0.39, 0.29) is 17.7 Å². The number of hydrogen-bond donors (Lipinski definition) is 0. The molecule has 0 aliphatic carbocycles. The number of nitrogens with zero attached hydrogens (tertiary/aromatic N) is 2. The molecule has 25 heavy (non-hydrogen) atoms. The van der Waals surface area contributed by atoms with Gasteiger partial charge in [-0.1, -0.05) is 18.2 Å². The van der Waals surface area contributed by atoms with Gasteiger partial charge in [-0.05, 0) is 29.8 Å². The molecule has 2 fully saturated rings. The number of rotatable bonds is 4. The number of benzene rings is 2. The number of hydrogen-bond acceptors (Lipinski definition) is 3. The Morgan fingerprint density at radius 3 is 2.60 bits per heavy atom. The van der Waals surface area contributed by atoms with E-state index in [4.69, 9.17) is 4.74 Å². The monoisotopic (exact) mass is 344 g/mol. The van der Waals surface area contributed by atoms with Crippen molar-refractivity contribution < 1.29 is 13.5 Å². The molecule has 2 saturated heterocycles. The number of halogens is 2. The van der Waals surface area contributed by atoms with Crippen molar-refractivity contribution in [3.05, 3.63) is 65.7 Å². The number of piperazine rings is 1. The molecule has 0 saturated carbocycles. The summed E-state index contributed by atoms with van der Waals surface area (Å²) in [6.45, 7) is 4.74. The fourth-order valence-corrected chi connectivity index (χ4v) is 3.87. The van der Waals surface area contributed by atoms with E-state index in [1.54, 1.807) is 12.1 Å². The van der Waals surface area contributed by atoms with Gasteiger partial charge in [-0.15, -0.1) is 0 Å². The Morgan fingerprint density at radius 1 is 0.960 bits per heavy atom. The van der Waals surface area contributed by atoms with Crippen molar-refractivity contribution in [2.45, 2.75) is 25.1 Å². The van der Waals surface area contributed by atoms with Gasteiger partial charge in [-0.25, -0.2) is 8.78 Å². The second kappa shape index (κ2) is 7.10. The molecule has 0 spiro atoms. The Hall–Kier alpha value is -1.98. The molecule has 132 valence electrons. The van der Waals surface area contributed by atoms with Crippen LogP contribution >= 0.6 is 0 Å². The quantitative estimate of drug-likeness (QED) is 0.846. The number of ether oxygens (including phenoxy) is 1. The van der Waals surface area contributed by atoms with Crippen LogP contribution < -0.4 is 4.74 Å². The van der Waals surface area contributed by atoms with Gasteiger partial charge in [0.15, 0.2) is 0 Å². The molecule has 0 N–H and O–H groups in total. The maximum absolute atomic E-state index is 13.3. The van der Waals surface area contributed by atoms with Crippen LogP contribution in [0.4, 0.5) is 8.78 Å². The summed E-state index contributed by atoms with van der Waals surface area (Å²) in [4.78, 5) is 4.88. The summed E-state index contributed by atoms with van der Waals surface area (Å²) in [5.74, 6) is 0.147. The van der Waals surface area contributed by atoms with E-state index < -0.39 is 0 Å². The molecule has 4 rings (SSSR count). The minimum atomic E-state index is -0.265. The van der Waals surface area contributed by atoms with Crippen molar-refractivity contribution >= 4 is 0 Å². The van der Waals surface area contributed by atoms with Gasteiger partial charge in [0.25, 0.3) is 0 Å². The Labute approximate surface area is 146 Å². The van der Waals surface area contributed by atoms with Crippen molar-refractivity contribution in [2.75, 3.05) is 26.2 Å². The molecule has 0 unspecified atom stereocenters. The fraction of sp³-hybridized carbons (Fsp3) is 0.400. The van der Waals surface area contributed by atoms with Crippen LogP contribution in [0.3, 0.4) is 0 Å². The molecule has 3 nitrogen and oxygen atoms in total. The van der Waals surface area contributed by atoms with Crippen molar-refractivity contribution in [3.63, 3.8) is 0 Å². The van der Waals surface area contributed by atoms with E-state index in [1.165, 1.54) is 24.3 Å². The van der Waals surface area contributed by atoms with Crippen molar-refractivity contribution in [2.24, 2.45) is 0 Å². The standard InChI is InChI=1S/C20H22F2N2O/c21-16-6-4-15(5-7-16)12-23-8-9-24-14-20(11-18(24)13-23)25-19-3-1-2-17(22)10-19/h1-7,10,18,20H,8-9,11-14H2/t18-,20-/m1/s1. The summed E-state index contributed by atoms with van der Waals surface area (Å²) >= 11 is 0. The van der Waals surface area contributed by atoms with Crippen LogP contribution in [0, 0.1) is 11.6 Å². The van der Waals surface area contributed by atoms with Crippen LogP contribution in [0.15, 0.2) is 48.5 Å². The van der Waals surface area contributed by atoms with Crippen LogP contribution in [-0.2, 0) is 6.54 Å². The van der Waals surface area contributed by atoms with Gasteiger partial charge in [0.05, 0.1) is 0 Å². The lowest BCUT2D eigenvalue weighted by Crippen LogP contribution is -2.49. The maximum atomic E-state index is 13.3. The van der Waals surface area contributed by atoms with Crippen molar-refractivity contribution in [3.8, 4) is 5.75 Å². The van der Waals surface area contributed by atoms with Crippen LogP contribution in [0.2, 0.25) is 0 Å². The lowest BCUT2D eigenvalue weighted by molar-refractivity contribution is 0.0978. The molecule has 2 aromatic rings. The zero-order valence-corrected chi connectivity index (χ0v) is 14.1. The smallest absolute Gasteiger partial charge is 0.126 e. The summed E-state index contributed by atoms with van der Waals surface area (Å²) in [6.07, 6.45) is 1.06. The molecule has 2 atom stereocenters. The van der Waals surface area contributed by atoms with E-state index in [1.807, 2.05) is 12.1 Å². The summed E-state index contributed by atoms with van der Waals surface area (Å²) < 4.78 is 32.3. The number of fused-ring (bicyclic) bond motifs is 1. The van der Waals surface area contributed by atoms with Gasteiger partial charge in [0, 0.05) is 51.3 Å².